The topological polar surface area (TPSA) is 117 Å². The van der Waals surface area contributed by atoms with Crippen molar-refractivity contribution in [1.29, 1.82) is 5.26 Å². The zero-order valence-electron chi connectivity index (χ0n) is 15.6. The molecule has 0 unspecified atom stereocenters. The molecule has 0 saturated carbocycles. The number of carboxylic acid groups (broad SMARTS) is 1. The first-order valence-corrected chi connectivity index (χ1v) is 10.2. The lowest BCUT2D eigenvalue weighted by atomic mass is 10.1. The van der Waals surface area contributed by atoms with E-state index in [1.54, 1.807) is 24.3 Å². The molecule has 0 spiro atoms. The van der Waals surface area contributed by atoms with Crippen molar-refractivity contribution >= 4 is 27.9 Å². The Labute approximate surface area is 159 Å². The standard InChI is InChI=1S/C18H24N2O6S/c1-4-8-20(9-5-10-26-27(3,23)24)16-7-6-14(17(12-16)25-2)11-15(13-19)18(21)22/h6-7,11-12H,4-5,8-10H2,1-3H3,(H,21,22)/b15-11-. The lowest BCUT2D eigenvalue weighted by molar-refractivity contribution is -0.132. The van der Waals surface area contributed by atoms with Crippen molar-refractivity contribution in [2.75, 3.05) is 38.0 Å². The summed E-state index contributed by atoms with van der Waals surface area (Å²) < 4.78 is 32.2. The Balaban J connectivity index is 3.01. The van der Waals surface area contributed by atoms with Crippen LogP contribution in [0.25, 0.3) is 6.08 Å². The number of nitriles is 1. The number of aliphatic carboxylic acids is 1. The fourth-order valence-corrected chi connectivity index (χ4v) is 2.84. The number of rotatable bonds is 11. The average molecular weight is 396 g/mol. The quantitative estimate of drug-likeness (QED) is 0.262. The predicted molar refractivity (Wildman–Crippen MR) is 102 cm³/mol. The third kappa shape index (κ3) is 7.68. The van der Waals surface area contributed by atoms with Gasteiger partial charge in [-0.15, -0.1) is 0 Å². The number of hydrogen-bond acceptors (Lipinski definition) is 7. The number of anilines is 1. The molecule has 0 aliphatic carbocycles. The normalized spacial score (nSPS) is 11.7. The number of benzene rings is 1. The number of methoxy groups -OCH3 is 1. The highest BCUT2D eigenvalue weighted by Gasteiger charge is 2.12. The first-order chi connectivity index (χ1) is 12.7. The van der Waals surface area contributed by atoms with Crippen LogP contribution in [0, 0.1) is 11.3 Å². The maximum atomic E-state index is 11.0. The van der Waals surface area contributed by atoms with E-state index < -0.39 is 16.1 Å². The second-order valence-corrected chi connectivity index (χ2v) is 7.41. The Hall–Kier alpha value is -2.57. The van der Waals surface area contributed by atoms with Gasteiger partial charge >= 0.3 is 5.97 Å². The van der Waals surface area contributed by atoms with E-state index in [1.807, 2.05) is 6.92 Å². The average Bonchev–Trinajstić information content (AvgIpc) is 2.61. The molecule has 0 saturated heterocycles. The molecule has 0 aliphatic heterocycles. The van der Waals surface area contributed by atoms with Crippen molar-refractivity contribution in [3.8, 4) is 11.8 Å². The number of hydrogen-bond donors (Lipinski definition) is 1. The molecule has 0 radical (unpaired) electrons. The van der Waals surface area contributed by atoms with E-state index >= 15 is 0 Å². The van der Waals surface area contributed by atoms with E-state index in [-0.39, 0.29) is 12.2 Å². The fourth-order valence-electron chi connectivity index (χ4n) is 2.42. The monoisotopic (exact) mass is 396 g/mol. The summed E-state index contributed by atoms with van der Waals surface area (Å²) in [5, 5.41) is 17.9. The molecule has 0 aliphatic rings. The number of carboxylic acids is 1. The molecule has 0 aromatic heterocycles. The number of carbonyl (C=O) groups is 1. The molecule has 0 bridgehead atoms. The smallest absolute Gasteiger partial charge is 0.346 e. The van der Waals surface area contributed by atoms with Crippen molar-refractivity contribution in [1.82, 2.24) is 0 Å². The second kappa shape index (κ2) is 10.5. The molecule has 148 valence electrons. The van der Waals surface area contributed by atoms with E-state index in [0.29, 0.717) is 24.3 Å². The minimum Gasteiger partial charge on any atom is -0.496 e. The number of nitrogens with zero attached hydrogens (tertiary/aromatic N) is 2. The molecule has 0 atom stereocenters. The molecular formula is C18H24N2O6S. The van der Waals surface area contributed by atoms with Crippen molar-refractivity contribution in [3.63, 3.8) is 0 Å². The van der Waals surface area contributed by atoms with Crippen LogP contribution in [0.15, 0.2) is 23.8 Å². The van der Waals surface area contributed by atoms with Gasteiger partial charge in [-0.3, -0.25) is 4.18 Å². The van der Waals surface area contributed by atoms with Crippen molar-refractivity contribution in [3.05, 3.63) is 29.3 Å². The van der Waals surface area contributed by atoms with Crippen LogP contribution in [0.3, 0.4) is 0 Å². The molecule has 9 heteroatoms. The van der Waals surface area contributed by atoms with Gasteiger partial charge in [0.05, 0.1) is 20.0 Å². The summed E-state index contributed by atoms with van der Waals surface area (Å²) in [5.74, 6) is -0.864. The highest BCUT2D eigenvalue weighted by atomic mass is 32.2. The molecule has 0 amide bonds. The molecule has 1 rings (SSSR count). The summed E-state index contributed by atoms with van der Waals surface area (Å²) in [6, 6.07) is 6.89. The van der Waals surface area contributed by atoms with E-state index in [2.05, 4.69) is 4.90 Å². The van der Waals surface area contributed by atoms with Crippen molar-refractivity contribution < 1.29 is 27.2 Å². The lowest BCUT2D eigenvalue weighted by Crippen LogP contribution is -2.26. The van der Waals surface area contributed by atoms with Crippen LogP contribution < -0.4 is 9.64 Å². The van der Waals surface area contributed by atoms with Crippen molar-refractivity contribution in [2.24, 2.45) is 0 Å². The highest BCUT2D eigenvalue weighted by molar-refractivity contribution is 7.85. The van der Waals surface area contributed by atoms with Gasteiger partial charge in [0.2, 0.25) is 0 Å². The summed E-state index contributed by atoms with van der Waals surface area (Å²) in [6.45, 7) is 3.46. The van der Waals surface area contributed by atoms with Crippen LogP contribution in [0.2, 0.25) is 0 Å². The largest absolute Gasteiger partial charge is 0.496 e. The van der Waals surface area contributed by atoms with E-state index in [4.69, 9.17) is 19.3 Å². The maximum absolute atomic E-state index is 11.0. The summed E-state index contributed by atoms with van der Waals surface area (Å²) in [7, 11) is -1.99. The Morgan fingerprint density at radius 2 is 2.07 bits per heavy atom. The van der Waals surface area contributed by atoms with E-state index in [0.717, 1.165) is 24.9 Å². The van der Waals surface area contributed by atoms with Crippen molar-refractivity contribution in [2.45, 2.75) is 19.8 Å². The minimum absolute atomic E-state index is 0.0984. The SMILES string of the molecule is CCCN(CCCOS(C)(=O)=O)c1ccc(/C=C(/C#N)C(=O)O)c(OC)c1. The molecule has 1 aromatic carbocycles. The first-order valence-electron chi connectivity index (χ1n) is 8.34. The molecular weight excluding hydrogens is 372 g/mol. The summed E-state index contributed by atoms with van der Waals surface area (Å²) in [4.78, 5) is 13.1. The van der Waals surface area contributed by atoms with Crippen LogP contribution in [0.5, 0.6) is 5.75 Å². The van der Waals surface area contributed by atoms with Gasteiger partial charge in [-0.05, 0) is 31.1 Å². The zero-order chi connectivity index (χ0) is 20.4. The Morgan fingerprint density at radius 1 is 1.37 bits per heavy atom. The summed E-state index contributed by atoms with van der Waals surface area (Å²) >= 11 is 0. The van der Waals surface area contributed by atoms with Crippen LogP contribution in [-0.2, 0) is 19.1 Å². The van der Waals surface area contributed by atoms with Gasteiger partial charge in [-0.1, -0.05) is 6.92 Å². The third-order valence-electron chi connectivity index (χ3n) is 3.60. The van der Waals surface area contributed by atoms with Gasteiger partial charge in [0.25, 0.3) is 10.1 Å². The second-order valence-electron chi connectivity index (χ2n) is 5.77. The Bertz CT molecular complexity index is 827. The van der Waals surface area contributed by atoms with E-state index in [9.17, 15) is 13.2 Å². The van der Waals surface area contributed by atoms with Gasteiger partial charge < -0.3 is 14.7 Å². The molecule has 0 heterocycles. The molecule has 8 nitrogen and oxygen atoms in total. The predicted octanol–water partition coefficient (Wildman–Crippen LogP) is 2.27. The molecule has 0 fully saturated rings. The summed E-state index contributed by atoms with van der Waals surface area (Å²) in [6.07, 6.45) is 3.68. The zero-order valence-corrected chi connectivity index (χ0v) is 16.5. The first kappa shape index (κ1) is 22.5. The minimum atomic E-state index is -3.46. The summed E-state index contributed by atoms with van der Waals surface area (Å²) in [5.41, 5.74) is 0.945. The molecule has 1 N–H and O–H groups in total. The van der Waals surface area contributed by atoms with Crippen LogP contribution in [0.1, 0.15) is 25.3 Å². The van der Waals surface area contributed by atoms with Gasteiger partial charge in [0.15, 0.2) is 0 Å². The van der Waals surface area contributed by atoms with Gasteiger partial charge in [0, 0.05) is 30.4 Å². The third-order valence-corrected chi connectivity index (χ3v) is 4.19. The lowest BCUT2D eigenvalue weighted by Gasteiger charge is -2.25. The molecule has 1 aromatic rings. The maximum Gasteiger partial charge on any atom is 0.346 e. The highest BCUT2D eigenvalue weighted by Crippen LogP contribution is 2.28. The van der Waals surface area contributed by atoms with Crippen LogP contribution in [-0.4, -0.2) is 52.6 Å². The Kier molecular flexibility index (Phi) is 8.78. The van der Waals surface area contributed by atoms with E-state index in [1.165, 1.54) is 13.2 Å². The van der Waals surface area contributed by atoms with Crippen LogP contribution >= 0.6 is 0 Å². The van der Waals surface area contributed by atoms with Gasteiger partial charge in [0.1, 0.15) is 17.4 Å². The van der Waals surface area contributed by atoms with Gasteiger partial charge in [-0.25, -0.2) is 4.79 Å². The Morgan fingerprint density at radius 3 is 2.59 bits per heavy atom. The number of ether oxygens (including phenoxy) is 1. The fraction of sp³-hybridized carbons (Fsp3) is 0.444. The van der Waals surface area contributed by atoms with Gasteiger partial charge in [-0.2, -0.15) is 13.7 Å². The molecule has 27 heavy (non-hydrogen) atoms. The van der Waals surface area contributed by atoms with Crippen LogP contribution in [0.4, 0.5) is 5.69 Å².